The largest absolute Gasteiger partial charge is 0.338 e. The average Bonchev–Trinajstić information content (AvgIpc) is 3.45. The monoisotopic (exact) mass is 379 g/mol. The standard InChI is InChI=1S/C21H25N5O2/c1-15-11-18-25(14-16-4-5-16)19(27)12-21(26(18)23-15)6-9-24(10-7-21)20(28)17-3-2-8-22-13-17/h2-3,8,11,13,16H,4-7,9-10,12,14H2,1H3. The fraction of sp³-hybridized carbons (Fsp3) is 0.524. The zero-order valence-electron chi connectivity index (χ0n) is 16.2. The Hall–Kier alpha value is -2.70. The van der Waals surface area contributed by atoms with E-state index in [0.717, 1.165) is 30.9 Å². The van der Waals surface area contributed by atoms with Crippen molar-refractivity contribution in [3.63, 3.8) is 0 Å². The van der Waals surface area contributed by atoms with Gasteiger partial charge in [0.15, 0.2) is 0 Å². The minimum Gasteiger partial charge on any atom is -0.338 e. The van der Waals surface area contributed by atoms with Gasteiger partial charge >= 0.3 is 0 Å². The van der Waals surface area contributed by atoms with Gasteiger partial charge in [0, 0.05) is 38.1 Å². The smallest absolute Gasteiger partial charge is 0.255 e. The summed E-state index contributed by atoms with van der Waals surface area (Å²) in [5.74, 6) is 1.79. The second-order valence-electron chi connectivity index (χ2n) is 8.44. The number of aromatic nitrogens is 3. The van der Waals surface area contributed by atoms with Crippen molar-refractivity contribution in [1.29, 1.82) is 0 Å². The van der Waals surface area contributed by atoms with Crippen LogP contribution in [0.15, 0.2) is 30.6 Å². The summed E-state index contributed by atoms with van der Waals surface area (Å²) in [6.07, 6.45) is 7.68. The highest BCUT2D eigenvalue weighted by Crippen LogP contribution is 2.43. The Morgan fingerprint density at radius 1 is 1.29 bits per heavy atom. The Balaban J connectivity index is 1.38. The van der Waals surface area contributed by atoms with E-state index in [1.165, 1.54) is 12.8 Å². The van der Waals surface area contributed by atoms with Gasteiger partial charge in [-0.1, -0.05) is 0 Å². The highest BCUT2D eigenvalue weighted by molar-refractivity contribution is 5.95. The first-order valence-corrected chi connectivity index (χ1v) is 10.1. The molecule has 7 nitrogen and oxygen atoms in total. The number of hydrogen-bond donors (Lipinski definition) is 0. The molecule has 2 fully saturated rings. The van der Waals surface area contributed by atoms with Crippen LogP contribution in [0.25, 0.3) is 0 Å². The third-order valence-electron chi connectivity index (χ3n) is 6.35. The molecule has 4 heterocycles. The van der Waals surface area contributed by atoms with E-state index in [-0.39, 0.29) is 17.4 Å². The Morgan fingerprint density at radius 2 is 2.07 bits per heavy atom. The van der Waals surface area contributed by atoms with Crippen LogP contribution < -0.4 is 4.90 Å². The lowest BCUT2D eigenvalue weighted by Gasteiger charge is -2.46. The van der Waals surface area contributed by atoms with E-state index in [1.54, 1.807) is 24.5 Å². The number of amides is 2. The number of pyridine rings is 1. The van der Waals surface area contributed by atoms with Crippen molar-refractivity contribution in [1.82, 2.24) is 19.7 Å². The van der Waals surface area contributed by atoms with Crippen molar-refractivity contribution in [2.24, 2.45) is 5.92 Å². The molecule has 2 aromatic heterocycles. The molecule has 1 aliphatic carbocycles. The van der Waals surface area contributed by atoms with E-state index in [9.17, 15) is 9.59 Å². The van der Waals surface area contributed by atoms with Gasteiger partial charge in [-0.05, 0) is 50.7 Å². The molecule has 1 saturated heterocycles. The van der Waals surface area contributed by atoms with Crippen LogP contribution in [0, 0.1) is 12.8 Å². The molecule has 1 spiro atoms. The predicted octanol–water partition coefficient (Wildman–Crippen LogP) is 2.36. The molecule has 2 aromatic rings. The first-order valence-electron chi connectivity index (χ1n) is 10.1. The Morgan fingerprint density at radius 3 is 2.75 bits per heavy atom. The fourth-order valence-electron chi connectivity index (χ4n) is 4.55. The van der Waals surface area contributed by atoms with E-state index in [4.69, 9.17) is 5.10 Å². The third-order valence-corrected chi connectivity index (χ3v) is 6.35. The van der Waals surface area contributed by atoms with Gasteiger partial charge in [0.25, 0.3) is 5.91 Å². The van der Waals surface area contributed by atoms with Crippen LogP contribution in [0.4, 0.5) is 5.82 Å². The lowest BCUT2D eigenvalue weighted by Crippen LogP contribution is -2.55. The molecule has 2 amide bonds. The number of nitrogens with zero attached hydrogens (tertiary/aromatic N) is 5. The van der Waals surface area contributed by atoms with Crippen molar-refractivity contribution in [3.8, 4) is 0 Å². The van der Waals surface area contributed by atoms with Gasteiger partial charge in [-0.25, -0.2) is 4.68 Å². The van der Waals surface area contributed by atoms with Crippen LogP contribution in [0.1, 0.15) is 48.2 Å². The van der Waals surface area contributed by atoms with Crippen LogP contribution in [0.5, 0.6) is 0 Å². The summed E-state index contributed by atoms with van der Waals surface area (Å²) in [5, 5.41) is 4.78. The SMILES string of the molecule is Cc1cc2n(n1)C1(CCN(C(=O)c3cccnc3)CC1)CC(=O)N2CC1CC1. The first-order chi connectivity index (χ1) is 13.6. The third kappa shape index (κ3) is 2.89. The molecule has 0 radical (unpaired) electrons. The maximum absolute atomic E-state index is 13.0. The molecule has 0 atom stereocenters. The number of aryl methyl sites for hydroxylation is 1. The topological polar surface area (TPSA) is 71.3 Å². The van der Waals surface area contributed by atoms with Gasteiger partial charge in [0.2, 0.25) is 5.91 Å². The summed E-state index contributed by atoms with van der Waals surface area (Å²) in [6.45, 7) is 4.05. The van der Waals surface area contributed by atoms with E-state index in [1.807, 2.05) is 22.8 Å². The number of hydrogen-bond acceptors (Lipinski definition) is 4. The molecule has 5 rings (SSSR count). The van der Waals surface area contributed by atoms with Crippen LogP contribution in [-0.2, 0) is 10.3 Å². The van der Waals surface area contributed by atoms with Gasteiger partial charge in [-0.2, -0.15) is 5.10 Å². The normalized spacial score (nSPS) is 21.1. The zero-order chi connectivity index (χ0) is 19.3. The summed E-state index contributed by atoms with van der Waals surface area (Å²) in [7, 11) is 0. The van der Waals surface area contributed by atoms with Crippen LogP contribution >= 0.6 is 0 Å². The van der Waals surface area contributed by atoms with Gasteiger partial charge < -0.3 is 4.90 Å². The van der Waals surface area contributed by atoms with E-state index >= 15 is 0 Å². The van der Waals surface area contributed by atoms with Gasteiger partial charge in [-0.3, -0.25) is 19.5 Å². The summed E-state index contributed by atoms with van der Waals surface area (Å²) < 4.78 is 2.10. The number of piperidine rings is 1. The maximum atomic E-state index is 13.0. The number of carbonyl (C=O) groups excluding carboxylic acids is 2. The van der Waals surface area contributed by atoms with Crippen LogP contribution in [0.3, 0.4) is 0 Å². The minimum absolute atomic E-state index is 0.0114. The quantitative estimate of drug-likeness (QED) is 0.821. The Bertz CT molecular complexity index is 910. The maximum Gasteiger partial charge on any atom is 0.255 e. The van der Waals surface area contributed by atoms with Crippen molar-refractivity contribution in [2.45, 2.75) is 44.6 Å². The highest BCUT2D eigenvalue weighted by Gasteiger charge is 2.47. The molecule has 7 heteroatoms. The van der Waals surface area contributed by atoms with Gasteiger partial charge in [0.1, 0.15) is 5.82 Å². The number of rotatable bonds is 3. The lowest BCUT2D eigenvalue weighted by atomic mass is 9.82. The second-order valence-corrected chi connectivity index (χ2v) is 8.44. The molecule has 146 valence electrons. The number of carbonyl (C=O) groups is 2. The molecule has 28 heavy (non-hydrogen) atoms. The average molecular weight is 379 g/mol. The first kappa shape index (κ1) is 17.4. The molecule has 3 aliphatic rings. The Labute approximate surface area is 164 Å². The predicted molar refractivity (Wildman–Crippen MR) is 104 cm³/mol. The number of anilines is 1. The van der Waals surface area contributed by atoms with Crippen molar-refractivity contribution >= 4 is 17.6 Å². The summed E-state index contributed by atoms with van der Waals surface area (Å²) in [5.41, 5.74) is 1.25. The molecular formula is C21H25N5O2. The highest BCUT2D eigenvalue weighted by atomic mass is 16.2. The molecule has 0 aromatic carbocycles. The minimum atomic E-state index is -0.313. The lowest BCUT2D eigenvalue weighted by molar-refractivity contribution is -0.122. The van der Waals surface area contributed by atoms with Crippen LogP contribution in [-0.4, -0.2) is 51.1 Å². The molecule has 0 unspecified atom stereocenters. The molecule has 2 aliphatic heterocycles. The van der Waals surface area contributed by atoms with E-state index in [2.05, 4.69) is 9.67 Å². The Kier molecular flexibility index (Phi) is 4.00. The van der Waals surface area contributed by atoms with Gasteiger partial charge in [0.05, 0.1) is 23.2 Å². The van der Waals surface area contributed by atoms with Gasteiger partial charge in [-0.15, -0.1) is 0 Å². The van der Waals surface area contributed by atoms with Crippen molar-refractivity contribution in [2.75, 3.05) is 24.5 Å². The molecule has 0 N–H and O–H groups in total. The summed E-state index contributed by atoms with van der Waals surface area (Å²) in [4.78, 5) is 33.7. The molecule has 1 saturated carbocycles. The van der Waals surface area contributed by atoms with Crippen molar-refractivity contribution in [3.05, 3.63) is 41.9 Å². The fourth-order valence-corrected chi connectivity index (χ4v) is 4.55. The second kappa shape index (κ2) is 6.43. The van der Waals surface area contributed by atoms with E-state index in [0.29, 0.717) is 31.0 Å². The van der Waals surface area contributed by atoms with Crippen LogP contribution in [0.2, 0.25) is 0 Å². The zero-order valence-corrected chi connectivity index (χ0v) is 16.2. The van der Waals surface area contributed by atoms with Crippen molar-refractivity contribution < 1.29 is 9.59 Å². The molecular weight excluding hydrogens is 354 g/mol. The molecule has 0 bridgehead atoms. The number of likely N-dealkylation sites (tertiary alicyclic amines) is 1. The number of fused-ring (bicyclic) bond motifs is 2. The summed E-state index contributed by atoms with van der Waals surface area (Å²) >= 11 is 0. The van der Waals surface area contributed by atoms with E-state index < -0.39 is 0 Å². The summed E-state index contributed by atoms with van der Waals surface area (Å²) in [6, 6.07) is 5.62.